The Labute approximate surface area is 163 Å². The second-order valence-corrected chi connectivity index (χ2v) is 8.47. The summed E-state index contributed by atoms with van der Waals surface area (Å²) in [6, 6.07) is 18.5. The molecule has 0 N–H and O–H groups in total. The first-order chi connectivity index (χ1) is 12.5. The number of aryl methyl sites for hydroxylation is 1. The zero-order valence-electron chi connectivity index (χ0n) is 13.9. The molecule has 130 valence electrons. The number of esters is 1. The lowest BCUT2D eigenvalue weighted by Crippen LogP contribution is -2.37. The molecular formula is C21H15BrO3S. The van der Waals surface area contributed by atoms with E-state index in [1.165, 1.54) is 0 Å². The van der Waals surface area contributed by atoms with Gasteiger partial charge in [-0.1, -0.05) is 46.3 Å². The topological polar surface area (TPSA) is 43.4 Å². The van der Waals surface area contributed by atoms with Gasteiger partial charge in [0.25, 0.3) is 0 Å². The number of hydrogen-bond donors (Lipinski definition) is 0. The Bertz CT molecular complexity index is 994. The third-order valence-electron chi connectivity index (χ3n) is 4.51. The molecule has 2 heterocycles. The number of hydrogen-bond acceptors (Lipinski definition) is 4. The molecule has 1 aliphatic rings. The van der Waals surface area contributed by atoms with E-state index < -0.39 is 11.9 Å². The Morgan fingerprint density at radius 2 is 1.85 bits per heavy atom. The maximum atomic E-state index is 13.2. The average Bonchev–Trinajstić information content (AvgIpc) is 3.07. The van der Waals surface area contributed by atoms with E-state index >= 15 is 0 Å². The van der Waals surface area contributed by atoms with Crippen LogP contribution in [0.15, 0.2) is 65.1 Å². The normalized spacial score (nSPS) is 18.9. The molecule has 1 aromatic heterocycles. The third-order valence-corrected chi connectivity index (χ3v) is 6.09. The maximum absolute atomic E-state index is 13.2. The van der Waals surface area contributed by atoms with Crippen molar-refractivity contribution in [3.63, 3.8) is 0 Å². The average molecular weight is 427 g/mol. The monoisotopic (exact) mass is 426 g/mol. The van der Waals surface area contributed by atoms with E-state index in [1.54, 1.807) is 41.7 Å². The highest BCUT2D eigenvalue weighted by Gasteiger charge is 2.44. The standard InChI is InChI=1S/C21H15BrO3S/c1-12-7-10-17(26-12)18-15-11-14(22)8-9-16(15)25-21(24)19(18)20(23)13-5-3-2-4-6-13/h2-11,18-19H,1H3/t18-,19+/m0/s1. The van der Waals surface area contributed by atoms with Crippen molar-refractivity contribution in [2.24, 2.45) is 5.92 Å². The fourth-order valence-corrected chi connectivity index (χ4v) is 4.73. The van der Waals surface area contributed by atoms with Crippen LogP contribution in [-0.2, 0) is 4.79 Å². The number of ether oxygens (including phenoxy) is 1. The van der Waals surface area contributed by atoms with Gasteiger partial charge in [0.15, 0.2) is 5.78 Å². The molecule has 2 atom stereocenters. The van der Waals surface area contributed by atoms with E-state index in [1.807, 2.05) is 37.3 Å². The lowest BCUT2D eigenvalue weighted by Gasteiger charge is -2.30. The molecule has 0 spiro atoms. The first-order valence-electron chi connectivity index (χ1n) is 8.21. The Kier molecular flexibility index (Phi) is 4.51. The van der Waals surface area contributed by atoms with Gasteiger partial charge in [0.1, 0.15) is 11.7 Å². The molecule has 3 nitrogen and oxygen atoms in total. The number of carbonyl (C=O) groups excluding carboxylic acids is 2. The van der Waals surface area contributed by atoms with Gasteiger partial charge in [-0.05, 0) is 37.3 Å². The number of thiophene rings is 1. The van der Waals surface area contributed by atoms with Crippen LogP contribution in [0.4, 0.5) is 0 Å². The van der Waals surface area contributed by atoms with Crippen molar-refractivity contribution >= 4 is 39.0 Å². The van der Waals surface area contributed by atoms with Crippen LogP contribution in [0.1, 0.15) is 31.6 Å². The van der Waals surface area contributed by atoms with Gasteiger partial charge in [0, 0.05) is 31.3 Å². The second-order valence-electron chi connectivity index (χ2n) is 6.24. The largest absolute Gasteiger partial charge is 0.426 e. The zero-order valence-corrected chi connectivity index (χ0v) is 16.3. The lowest BCUT2D eigenvalue weighted by molar-refractivity contribution is -0.138. The number of Topliss-reactive ketones (excluding diaryl/α,β-unsaturated/α-hetero) is 1. The fraction of sp³-hybridized carbons (Fsp3) is 0.143. The van der Waals surface area contributed by atoms with Crippen LogP contribution in [0, 0.1) is 12.8 Å². The minimum Gasteiger partial charge on any atom is -0.426 e. The molecule has 26 heavy (non-hydrogen) atoms. The molecule has 0 radical (unpaired) electrons. The van der Waals surface area contributed by atoms with Crippen LogP contribution in [0.2, 0.25) is 0 Å². The van der Waals surface area contributed by atoms with Gasteiger partial charge in [-0.25, -0.2) is 0 Å². The summed E-state index contributed by atoms with van der Waals surface area (Å²) in [5, 5.41) is 0. The molecule has 2 aromatic carbocycles. The predicted molar refractivity (Wildman–Crippen MR) is 105 cm³/mol. The summed E-state index contributed by atoms with van der Waals surface area (Å²) in [4.78, 5) is 28.1. The summed E-state index contributed by atoms with van der Waals surface area (Å²) in [5.74, 6) is -1.43. The minimum atomic E-state index is -0.891. The number of rotatable bonds is 3. The molecule has 0 fully saturated rings. The summed E-state index contributed by atoms with van der Waals surface area (Å²) in [6.45, 7) is 2.02. The molecule has 4 rings (SSSR count). The Balaban J connectivity index is 1.88. The Morgan fingerprint density at radius 1 is 1.08 bits per heavy atom. The molecule has 0 saturated heterocycles. The van der Waals surface area contributed by atoms with Crippen molar-refractivity contribution in [2.75, 3.05) is 0 Å². The predicted octanol–water partition coefficient (Wildman–Crippen LogP) is 5.37. The van der Waals surface area contributed by atoms with Gasteiger partial charge in [0.2, 0.25) is 0 Å². The molecule has 0 bridgehead atoms. The highest BCUT2D eigenvalue weighted by molar-refractivity contribution is 9.10. The van der Waals surface area contributed by atoms with Crippen molar-refractivity contribution in [3.05, 3.63) is 86.0 Å². The van der Waals surface area contributed by atoms with Crippen molar-refractivity contribution < 1.29 is 14.3 Å². The van der Waals surface area contributed by atoms with Gasteiger partial charge in [0.05, 0.1) is 0 Å². The zero-order chi connectivity index (χ0) is 18.3. The first-order valence-corrected chi connectivity index (χ1v) is 9.82. The molecule has 0 saturated carbocycles. The van der Waals surface area contributed by atoms with E-state index in [0.717, 1.165) is 19.8 Å². The summed E-state index contributed by atoms with van der Waals surface area (Å²) >= 11 is 5.10. The maximum Gasteiger partial charge on any atom is 0.323 e. The van der Waals surface area contributed by atoms with Crippen LogP contribution >= 0.6 is 27.3 Å². The van der Waals surface area contributed by atoms with Crippen LogP contribution in [-0.4, -0.2) is 11.8 Å². The van der Waals surface area contributed by atoms with Crippen molar-refractivity contribution in [1.82, 2.24) is 0 Å². The smallest absolute Gasteiger partial charge is 0.323 e. The molecule has 3 aromatic rings. The van der Waals surface area contributed by atoms with Crippen LogP contribution in [0.5, 0.6) is 5.75 Å². The molecule has 1 aliphatic heterocycles. The number of fused-ring (bicyclic) bond motifs is 1. The fourth-order valence-electron chi connectivity index (χ4n) is 3.32. The molecule has 0 aliphatic carbocycles. The van der Waals surface area contributed by atoms with E-state index in [9.17, 15) is 9.59 Å². The minimum absolute atomic E-state index is 0.211. The van der Waals surface area contributed by atoms with Crippen LogP contribution in [0.3, 0.4) is 0 Å². The molecule has 5 heteroatoms. The lowest BCUT2D eigenvalue weighted by atomic mass is 9.78. The summed E-state index contributed by atoms with van der Waals surface area (Å²) in [6.07, 6.45) is 0. The van der Waals surface area contributed by atoms with Gasteiger partial charge in [-0.15, -0.1) is 11.3 Å². The highest BCUT2D eigenvalue weighted by atomic mass is 79.9. The molecule has 0 unspecified atom stereocenters. The van der Waals surface area contributed by atoms with E-state index in [4.69, 9.17) is 4.74 Å². The molecule has 0 amide bonds. The summed E-state index contributed by atoms with van der Waals surface area (Å²) in [7, 11) is 0. The Hall–Kier alpha value is -2.24. The van der Waals surface area contributed by atoms with Crippen molar-refractivity contribution in [1.29, 1.82) is 0 Å². The van der Waals surface area contributed by atoms with Crippen molar-refractivity contribution in [3.8, 4) is 5.75 Å². The first kappa shape index (κ1) is 17.2. The van der Waals surface area contributed by atoms with Crippen LogP contribution < -0.4 is 4.74 Å². The molecular weight excluding hydrogens is 412 g/mol. The van der Waals surface area contributed by atoms with Gasteiger partial charge in [-0.2, -0.15) is 0 Å². The van der Waals surface area contributed by atoms with Crippen molar-refractivity contribution in [2.45, 2.75) is 12.8 Å². The number of benzene rings is 2. The third kappa shape index (κ3) is 3.02. The van der Waals surface area contributed by atoms with Crippen LogP contribution in [0.25, 0.3) is 0 Å². The highest BCUT2D eigenvalue weighted by Crippen LogP contribution is 2.46. The van der Waals surface area contributed by atoms with E-state index in [-0.39, 0.29) is 11.7 Å². The number of halogens is 1. The summed E-state index contributed by atoms with van der Waals surface area (Å²) in [5.41, 5.74) is 1.38. The van der Waals surface area contributed by atoms with Gasteiger partial charge >= 0.3 is 5.97 Å². The summed E-state index contributed by atoms with van der Waals surface area (Å²) < 4.78 is 6.41. The van der Waals surface area contributed by atoms with Gasteiger partial charge in [-0.3, -0.25) is 9.59 Å². The number of ketones is 1. The van der Waals surface area contributed by atoms with Gasteiger partial charge < -0.3 is 4.74 Å². The van der Waals surface area contributed by atoms with E-state index in [0.29, 0.717) is 11.3 Å². The quantitative estimate of drug-likeness (QED) is 0.244. The number of carbonyl (C=O) groups is 2. The van der Waals surface area contributed by atoms with E-state index in [2.05, 4.69) is 15.9 Å². The Morgan fingerprint density at radius 3 is 2.54 bits per heavy atom. The SMILES string of the molecule is Cc1ccc([C@@H]2c3cc(Br)ccc3OC(=O)[C@H]2C(=O)c2ccccc2)s1. The second kappa shape index (κ2) is 6.82.